The molecule has 0 spiro atoms. The minimum atomic E-state index is 0.456. The van der Waals surface area contributed by atoms with E-state index in [9.17, 15) is 0 Å². The van der Waals surface area contributed by atoms with Gasteiger partial charge < -0.3 is 5.43 Å². The number of hydrogen-bond acceptors (Lipinski definition) is 3. The number of nitrogens with one attached hydrogen (secondary N) is 1. The summed E-state index contributed by atoms with van der Waals surface area (Å²) >= 11 is 1.76. The van der Waals surface area contributed by atoms with E-state index in [0.29, 0.717) is 6.04 Å². The zero-order valence-electron chi connectivity index (χ0n) is 10.6. The highest BCUT2D eigenvalue weighted by Gasteiger charge is 2.14. The number of hydrazine groups is 1. The monoisotopic (exact) mass is 251 g/mol. The summed E-state index contributed by atoms with van der Waals surface area (Å²) in [6, 6.07) is 2.62. The molecule has 1 aliphatic carbocycles. The van der Waals surface area contributed by atoms with Crippen molar-refractivity contribution < 1.29 is 0 Å². The molecule has 0 radical (unpaired) electrons. The third-order valence-electron chi connectivity index (χ3n) is 3.42. The van der Waals surface area contributed by atoms with Crippen molar-refractivity contribution in [2.45, 2.75) is 52.0 Å². The van der Waals surface area contributed by atoms with E-state index in [1.165, 1.54) is 42.5 Å². The van der Waals surface area contributed by atoms with Gasteiger partial charge in [0, 0.05) is 4.88 Å². The van der Waals surface area contributed by atoms with E-state index in [4.69, 9.17) is 10.8 Å². The normalized spacial score (nSPS) is 18.4. The first-order chi connectivity index (χ1) is 8.20. The Bertz CT molecular complexity index is 383. The van der Waals surface area contributed by atoms with Crippen LogP contribution in [0, 0.1) is 13.8 Å². The predicted molar refractivity (Wildman–Crippen MR) is 74.5 cm³/mol. The Morgan fingerprint density at radius 1 is 1.35 bits per heavy atom. The third-order valence-corrected chi connectivity index (χ3v) is 4.58. The molecule has 1 heterocycles. The van der Waals surface area contributed by atoms with Crippen LogP contribution in [-0.4, -0.2) is 11.9 Å². The van der Waals surface area contributed by atoms with Crippen molar-refractivity contribution in [2.75, 3.05) is 0 Å². The second kappa shape index (κ2) is 5.65. The van der Waals surface area contributed by atoms with Gasteiger partial charge in [-0.1, -0.05) is 19.3 Å². The average Bonchev–Trinajstić information content (AvgIpc) is 2.68. The molecule has 0 amide bonds. The van der Waals surface area contributed by atoms with Crippen molar-refractivity contribution in [2.24, 2.45) is 10.8 Å². The third kappa shape index (κ3) is 3.07. The first-order valence-electron chi connectivity index (χ1n) is 6.32. The van der Waals surface area contributed by atoms with Crippen molar-refractivity contribution in [3.63, 3.8) is 0 Å². The molecule has 1 aromatic heterocycles. The van der Waals surface area contributed by atoms with Crippen LogP contribution in [0.4, 0.5) is 0 Å². The molecule has 1 fully saturated rings. The summed E-state index contributed by atoms with van der Waals surface area (Å²) < 4.78 is 0. The van der Waals surface area contributed by atoms with Crippen LogP contribution in [0.2, 0.25) is 0 Å². The second-order valence-corrected chi connectivity index (χ2v) is 6.02. The summed E-state index contributed by atoms with van der Waals surface area (Å²) in [6.07, 6.45) is 6.36. The van der Waals surface area contributed by atoms with E-state index < -0.39 is 0 Å². The molecule has 2 rings (SSSR count). The van der Waals surface area contributed by atoms with Gasteiger partial charge in [-0.2, -0.15) is 0 Å². The molecule has 0 aromatic carbocycles. The van der Waals surface area contributed by atoms with Crippen molar-refractivity contribution in [3.8, 4) is 0 Å². The maximum atomic E-state index is 5.61. The molecule has 0 saturated heterocycles. The number of hydrogen-bond donors (Lipinski definition) is 2. The first-order valence-corrected chi connectivity index (χ1v) is 7.14. The Morgan fingerprint density at radius 3 is 2.59 bits per heavy atom. The Hall–Kier alpha value is -0.870. The standard InChI is InChI=1S/C13H21N3S/c1-9-8-12(17-10(9)2)13(16-14)15-11-6-4-3-5-7-11/h8,11H,3-7,14H2,1-2H3,(H,15,16). The van der Waals surface area contributed by atoms with Gasteiger partial charge in [0.05, 0.1) is 10.9 Å². The van der Waals surface area contributed by atoms with Crippen LogP contribution >= 0.6 is 11.3 Å². The molecule has 3 N–H and O–H groups in total. The Labute approximate surface area is 107 Å². The van der Waals surface area contributed by atoms with Crippen LogP contribution in [-0.2, 0) is 0 Å². The summed E-state index contributed by atoms with van der Waals surface area (Å²) in [5.41, 5.74) is 4.08. The molecule has 4 heteroatoms. The van der Waals surface area contributed by atoms with E-state index in [-0.39, 0.29) is 0 Å². The molecular formula is C13H21N3S. The summed E-state index contributed by atoms with van der Waals surface area (Å²) in [4.78, 5) is 7.27. The summed E-state index contributed by atoms with van der Waals surface area (Å²) in [5, 5.41) is 0. The quantitative estimate of drug-likeness (QED) is 0.367. The molecule has 1 aromatic rings. The molecule has 0 atom stereocenters. The molecule has 0 bridgehead atoms. The highest BCUT2D eigenvalue weighted by molar-refractivity contribution is 7.14. The number of aliphatic imine (C=N–C) groups is 1. The van der Waals surface area contributed by atoms with Gasteiger partial charge in [-0.05, 0) is 38.3 Å². The number of rotatable bonds is 2. The highest BCUT2D eigenvalue weighted by atomic mass is 32.1. The van der Waals surface area contributed by atoms with Gasteiger partial charge in [-0.15, -0.1) is 11.3 Å². The average molecular weight is 251 g/mol. The van der Waals surface area contributed by atoms with Gasteiger partial charge in [0.2, 0.25) is 0 Å². The van der Waals surface area contributed by atoms with Gasteiger partial charge in [0.1, 0.15) is 0 Å². The number of nitrogens with zero attached hydrogens (tertiary/aromatic N) is 1. The molecular weight excluding hydrogens is 230 g/mol. The predicted octanol–water partition coefficient (Wildman–Crippen LogP) is 2.91. The molecule has 17 heavy (non-hydrogen) atoms. The van der Waals surface area contributed by atoms with Crippen LogP contribution in [0.15, 0.2) is 11.1 Å². The van der Waals surface area contributed by atoms with Gasteiger partial charge in [0.25, 0.3) is 0 Å². The van der Waals surface area contributed by atoms with E-state index in [0.717, 1.165) is 10.7 Å². The zero-order valence-corrected chi connectivity index (χ0v) is 11.4. The number of amidine groups is 1. The minimum Gasteiger partial charge on any atom is -0.308 e. The Morgan fingerprint density at radius 2 is 2.06 bits per heavy atom. The first kappa shape index (κ1) is 12.6. The topological polar surface area (TPSA) is 50.4 Å². The number of nitrogens with two attached hydrogens (primary N) is 1. The number of aryl methyl sites for hydroxylation is 2. The van der Waals surface area contributed by atoms with Crippen molar-refractivity contribution in [1.29, 1.82) is 0 Å². The highest BCUT2D eigenvalue weighted by Crippen LogP contribution is 2.24. The molecule has 0 unspecified atom stereocenters. The number of thiophene rings is 1. The van der Waals surface area contributed by atoms with E-state index in [1.54, 1.807) is 11.3 Å². The van der Waals surface area contributed by atoms with Gasteiger partial charge >= 0.3 is 0 Å². The van der Waals surface area contributed by atoms with Crippen LogP contribution in [0.3, 0.4) is 0 Å². The lowest BCUT2D eigenvalue weighted by Crippen LogP contribution is -2.32. The van der Waals surface area contributed by atoms with Crippen LogP contribution in [0.25, 0.3) is 0 Å². The summed E-state index contributed by atoms with van der Waals surface area (Å²) in [7, 11) is 0. The smallest absolute Gasteiger partial charge is 0.153 e. The lowest BCUT2D eigenvalue weighted by Gasteiger charge is -2.18. The molecule has 0 aliphatic heterocycles. The fourth-order valence-electron chi connectivity index (χ4n) is 2.25. The molecule has 1 saturated carbocycles. The molecule has 3 nitrogen and oxygen atoms in total. The summed E-state index contributed by atoms with van der Waals surface area (Å²) in [6.45, 7) is 4.27. The zero-order chi connectivity index (χ0) is 12.3. The lowest BCUT2D eigenvalue weighted by atomic mass is 9.96. The van der Waals surface area contributed by atoms with Crippen LogP contribution in [0.5, 0.6) is 0 Å². The van der Waals surface area contributed by atoms with Gasteiger partial charge in [-0.3, -0.25) is 4.99 Å². The Balaban J connectivity index is 2.16. The van der Waals surface area contributed by atoms with Crippen molar-refractivity contribution in [3.05, 3.63) is 21.4 Å². The van der Waals surface area contributed by atoms with E-state index in [2.05, 4.69) is 25.3 Å². The Kier molecular flexibility index (Phi) is 4.18. The maximum absolute atomic E-state index is 5.61. The SMILES string of the molecule is Cc1cc(C(=NC2CCCCC2)NN)sc1C. The van der Waals surface area contributed by atoms with E-state index in [1.807, 2.05) is 0 Å². The van der Waals surface area contributed by atoms with Crippen molar-refractivity contribution in [1.82, 2.24) is 5.43 Å². The minimum absolute atomic E-state index is 0.456. The fourth-order valence-corrected chi connectivity index (χ4v) is 3.25. The van der Waals surface area contributed by atoms with Crippen molar-refractivity contribution >= 4 is 17.2 Å². The van der Waals surface area contributed by atoms with Crippen LogP contribution < -0.4 is 11.3 Å². The van der Waals surface area contributed by atoms with Gasteiger partial charge in [-0.25, -0.2) is 5.84 Å². The molecule has 1 aliphatic rings. The lowest BCUT2D eigenvalue weighted by molar-refractivity contribution is 0.442. The van der Waals surface area contributed by atoms with Crippen LogP contribution in [0.1, 0.15) is 47.4 Å². The molecule has 94 valence electrons. The summed E-state index contributed by atoms with van der Waals surface area (Å²) in [5.74, 6) is 6.47. The van der Waals surface area contributed by atoms with E-state index >= 15 is 0 Å². The largest absolute Gasteiger partial charge is 0.308 e. The second-order valence-electron chi connectivity index (χ2n) is 4.76. The maximum Gasteiger partial charge on any atom is 0.153 e. The fraction of sp³-hybridized carbons (Fsp3) is 0.615. The van der Waals surface area contributed by atoms with Gasteiger partial charge in [0.15, 0.2) is 5.84 Å².